The first-order valence-corrected chi connectivity index (χ1v) is 5.78. The summed E-state index contributed by atoms with van der Waals surface area (Å²) < 4.78 is 69.6. The van der Waals surface area contributed by atoms with E-state index in [0.29, 0.717) is 0 Å². The van der Waals surface area contributed by atoms with Gasteiger partial charge in [-0.05, 0) is 18.1 Å². The predicted octanol–water partition coefficient (Wildman–Crippen LogP) is 3.56. The first-order chi connectivity index (χ1) is 9.25. The summed E-state index contributed by atoms with van der Waals surface area (Å²) in [5.41, 5.74) is -3.42. The lowest BCUT2D eigenvalue weighted by atomic mass is 9.88. The molecule has 1 aliphatic rings. The number of benzene rings is 1. The highest BCUT2D eigenvalue weighted by molar-refractivity contribution is 5.91. The lowest BCUT2D eigenvalue weighted by Crippen LogP contribution is -2.34. The Kier molecular flexibility index (Phi) is 3.47. The van der Waals surface area contributed by atoms with Gasteiger partial charge in [0.15, 0.2) is 0 Å². The SMILES string of the molecule is COC(=O)c1ccccc1C1(C(F)(F)F)CC1C(F)F. The van der Waals surface area contributed by atoms with Crippen LogP contribution in [0.4, 0.5) is 22.0 Å². The van der Waals surface area contributed by atoms with Gasteiger partial charge in [0.25, 0.3) is 0 Å². The number of carbonyl (C=O) groups is 1. The molecule has 2 atom stereocenters. The fourth-order valence-electron chi connectivity index (χ4n) is 2.54. The third kappa shape index (κ3) is 2.05. The van der Waals surface area contributed by atoms with Crippen LogP contribution in [0.5, 0.6) is 0 Å². The van der Waals surface area contributed by atoms with Crippen LogP contribution < -0.4 is 0 Å². The van der Waals surface area contributed by atoms with Crippen LogP contribution in [0.25, 0.3) is 0 Å². The summed E-state index contributed by atoms with van der Waals surface area (Å²) in [5, 5.41) is 0. The van der Waals surface area contributed by atoms with Gasteiger partial charge < -0.3 is 4.74 Å². The maximum Gasteiger partial charge on any atom is 0.398 e. The van der Waals surface area contributed by atoms with Crippen LogP contribution in [0, 0.1) is 5.92 Å². The summed E-state index contributed by atoms with van der Waals surface area (Å²) in [6.07, 6.45) is -8.66. The van der Waals surface area contributed by atoms with Crippen molar-refractivity contribution in [3.05, 3.63) is 35.4 Å². The molecule has 110 valence electrons. The smallest absolute Gasteiger partial charge is 0.398 e. The van der Waals surface area contributed by atoms with E-state index >= 15 is 0 Å². The van der Waals surface area contributed by atoms with Crippen LogP contribution in [0.3, 0.4) is 0 Å². The topological polar surface area (TPSA) is 26.3 Å². The monoisotopic (exact) mass is 294 g/mol. The van der Waals surface area contributed by atoms with Gasteiger partial charge in [0.2, 0.25) is 6.43 Å². The molecule has 0 aromatic heterocycles. The maximum absolute atomic E-state index is 13.3. The average Bonchev–Trinajstić information content (AvgIpc) is 3.14. The number of hydrogen-bond acceptors (Lipinski definition) is 2. The summed E-state index contributed by atoms with van der Waals surface area (Å²) in [6, 6.07) is 4.85. The number of hydrogen-bond donors (Lipinski definition) is 0. The van der Waals surface area contributed by atoms with Crippen molar-refractivity contribution in [1.82, 2.24) is 0 Å². The largest absolute Gasteiger partial charge is 0.465 e. The van der Waals surface area contributed by atoms with Crippen molar-refractivity contribution in [1.29, 1.82) is 0 Å². The highest BCUT2D eigenvalue weighted by atomic mass is 19.4. The van der Waals surface area contributed by atoms with Crippen molar-refractivity contribution >= 4 is 5.97 Å². The molecule has 0 bridgehead atoms. The van der Waals surface area contributed by atoms with E-state index in [0.717, 1.165) is 19.2 Å². The standard InChI is InChI=1S/C13H11F5O2/c1-20-11(19)7-4-2-3-5-8(7)12(13(16,17)18)6-9(12)10(14)15/h2-5,9-10H,6H2,1H3. The summed E-state index contributed by atoms with van der Waals surface area (Å²) in [4.78, 5) is 11.5. The molecule has 1 saturated carbocycles. The van der Waals surface area contributed by atoms with E-state index in [9.17, 15) is 26.7 Å². The molecule has 2 rings (SSSR count). The second kappa shape index (κ2) is 4.71. The molecule has 0 saturated heterocycles. The van der Waals surface area contributed by atoms with Gasteiger partial charge in [0.05, 0.1) is 12.7 Å². The van der Waals surface area contributed by atoms with E-state index in [-0.39, 0.29) is 5.56 Å². The van der Waals surface area contributed by atoms with Crippen molar-refractivity contribution < 1.29 is 31.5 Å². The Hall–Kier alpha value is -1.66. The van der Waals surface area contributed by atoms with E-state index < -0.39 is 41.9 Å². The minimum atomic E-state index is -4.85. The fourth-order valence-corrected chi connectivity index (χ4v) is 2.54. The molecule has 2 unspecified atom stereocenters. The number of ether oxygens (including phenoxy) is 1. The van der Waals surface area contributed by atoms with Crippen LogP contribution in [0.1, 0.15) is 22.3 Å². The van der Waals surface area contributed by atoms with Gasteiger partial charge in [-0.3, -0.25) is 0 Å². The first kappa shape index (κ1) is 14.7. The highest BCUT2D eigenvalue weighted by Gasteiger charge is 2.74. The van der Waals surface area contributed by atoms with Crippen molar-refractivity contribution in [3.8, 4) is 0 Å². The zero-order valence-corrected chi connectivity index (χ0v) is 10.4. The van der Waals surface area contributed by atoms with Crippen molar-refractivity contribution in [2.45, 2.75) is 24.4 Å². The van der Waals surface area contributed by atoms with Crippen molar-refractivity contribution in [3.63, 3.8) is 0 Å². The predicted molar refractivity (Wildman–Crippen MR) is 59.6 cm³/mol. The summed E-state index contributed by atoms with van der Waals surface area (Å²) in [7, 11) is 1.02. The lowest BCUT2D eigenvalue weighted by molar-refractivity contribution is -0.169. The lowest BCUT2D eigenvalue weighted by Gasteiger charge is -2.23. The number of rotatable bonds is 3. The molecule has 1 aliphatic carbocycles. The summed E-state index contributed by atoms with van der Waals surface area (Å²) >= 11 is 0. The van der Waals surface area contributed by atoms with Crippen LogP contribution in [0.2, 0.25) is 0 Å². The maximum atomic E-state index is 13.3. The Balaban J connectivity index is 2.56. The van der Waals surface area contributed by atoms with Crippen molar-refractivity contribution in [2.75, 3.05) is 7.11 Å². The quantitative estimate of drug-likeness (QED) is 0.629. The zero-order valence-electron chi connectivity index (χ0n) is 10.4. The number of esters is 1. The van der Waals surface area contributed by atoms with E-state index in [1.165, 1.54) is 12.1 Å². The first-order valence-electron chi connectivity index (χ1n) is 5.78. The molecule has 0 heterocycles. The molecule has 0 aliphatic heterocycles. The molecule has 0 radical (unpaired) electrons. The van der Waals surface area contributed by atoms with Gasteiger partial charge in [-0.15, -0.1) is 0 Å². The van der Waals surface area contributed by atoms with E-state index in [2.05, 4.69) is 4.74 Å². The normalized spacial score (nSPS) is 25.6. The molecule has 0 spiro atoms. The number of methoxy groups -OCH3 is 1. The second-order valence-electron chi connectivity index (χ2n) is 4.65. The van der Waals surface area contributed by atoms with Gasteiger partial charge in [-0.2, -0.15) is 13.2 Å². The van der Waals surface area contributed by atoms with Crippen LogP contribution in [-0.4, -0.2) is 25.7 Å². The fraction of sp³-hybridized carbons (Fsp3) is 0.462. The minimum Gasteiger partial charge on any atom is -0.465 e. The highest BCUT2D eigenvalue weighted by Crippen LogP contribution is 2.65. The third-order valence-electron chi connectivity index (χ3n) is 3.64. The van der Waals surface area contributed by atoms with Gasteiger partial charge in [0, 0.05) is 5.92 Å². The Labute approximate surface area is 111 Å². The molecule has 1 aromatic rings. The molecular weight excluding hydrogens is 283 g/mol. The zero-order chi connectivity index (χ0) is 15.1. The molecule has 20 heavy (non-hydrogen) atoms. The minimum absolute atomic E-state index is 0.324. The van der Waals surface area contributed by atoms with Gasteiger partial charge in [-0.25, -0.2) is 13.6 Å². The molecule has 7 heteroatoms. The Morgan fingerprint density at radius 2 is 1.95 bits per heavy atom. The molecule has 0 amide bonds. The van der Waals surface area contributed by atoms with E-state index in [1.807, 2.05) is 0 Å². The Morgan fingerprint density at radius 3 is 2.40 bits per heavy atom. The molecular formula is C13H11F5O2. The van der Waals surface area contributed by atoms with E-state index in [4.69, 9.17) is 0 Å². The molecule has 2 nitrogen and oxygen atoms in total. The van der Waals surface area contributed by atoms with Gasteiger partial charge in [-0.1, -0.05) is 18.2 Å². The van der Waals surface area contributed by atoms with Crippen LogP contribution >= 0.6 is 0 Å². The molecule has 1 fully saturated rings. The molecule has 1 aromatic carbocycles. The van der Waals surface area contributed by atoms with Gasteiger partial charge in [0.1, 0.15) is 5.41 Å². The third-order valence-corrected chi connectivity index (χ3v) is 3.64. The van der Waals surface area contributed by atoms with Crippen LogP contribution in [-0.2, 0) is 10.2 Å². The van der Waals surface area contributed by atoms with E-state index in [1.54, 1.807) is 0 Å². The van der Waals surface area contributed by atoms with Crippen LogP contribution in [0.15, 0.2) is 24.3 Å². The summed E-state index contributed by atoms with van der Waals surface area (Å²) in [6.45, 7) is 0. The van der Waals surface area contributed by atoms with Gasteiger partial charge >= 0.3 is 12.1 Å². The summed E-state index contributed by atoms with van der Waals surface area (Å²) in [5.74, 6) is -2.79. The number of halogens is 5. The number of carbonyl (C=O) groups excluding carboxylic acids is 1. The Morgan fingerprint density at radius 1 is 1.35 bits per heavy atom. The number of alkyl halides is 5. The molecule has 0 N–H and O–H groups in total. The van der Waals surface area contributed by atoms with Crippen molar-refractivity contribution in [2.24, 2.45) is 5.92 Å². The average molecular weight is 294 g/mol. The Bertz CT molecular complexity index is 526. The second-order valence-corrected chi connectivity index (χ2v) is 4.65.